The molecule has 2 heterocycles. The Bertz CT molecular complexity index is 905. The van der Waals surface area contributed by atoms with Gasteiger partial charge in [0.2, 0.25) is 0 Å². The molecule has 1 aliphatic rings. The molecule has 1 aliphatic carbocycles. The van der Waals surface area contributed by atoms with Crippen molar-refractivity contribution in [3.05, 3.63) is 47.7 Å². The molecule has 0 radical (unpaired) electrons. The van der Waals surface area contributed by atoms with Gasteiger partial charge >= 0.3 is 6.09 Å². The van der Waals surface area contributed by atoms with Gasteiger partial charge in [-0.05, 0) is 57.9 Å². The van der Waals surface area contributed by atoms with E-state index in [9.17, 15) is 14.0 Å². The Labute approximate surface area is 169 Å². The number of Topliss-reactive ketones (excluding diaryl/α,β-unsaturated/α-hetero) is 1. The lowest BCUT2D eigenvalue weighted by Crippen LogP contribution is -2.50. The van der Waals surface area contributed by atoms with Crippen LogP contribution in [0, 0.1) is 5.82 Å². The van der Waals surface area contributed by atoms with Crippen molar-refractivity contribution in [2.45, 2.75) is 58.0 Å². The summed E-state index contributed by atoms with van der Waals surface area (Å²) >= 11 is 0. The van der Waals surface area contributed by atoms with Crippen molar-refractivity contribution >= 4 is 17.7 Å². The van der Waals surface area contributed by atoms with Gasteiger partial charge in [-0.2, -0.15) is 0 Å². The van der Waals surface area contributed by atoms with Crippen LogP contribution in [-0.4, -0.2) is 39.2 Å². The highest BCUT2D eigenvalue weighted by atomic mass is 19.1. The summed E-state index contributed by atoms with van der Waals surface area (Å²) in [4.78, 5) is 30.1. The normalized spacial score (nSPS) is 15.3. The second-order valence-corrected chi connectivity index (χ2v) is 8.37. The van der Waals surface area contributed by atoms with Crippen LogP contribution in [0.25, 0.3) is 0 Å². The molecule has 0 bridgehead atoms. The first-order valence-electron chi connectivity index (χ1n) is 9.57. The van der Waals surface area contributed by atoms with Gasteiger partial charge in [-0.25, -0.2) is 9.18 Å². The van der Waals surface area contributed by atoms with Crippen molar-refractivity contribution in [3.63, 3.8) is 0 Å². The second kappa shape index (κ2) is 7.85. The van der Waals surface area contributed by atoms with Crippen LogP contribution >= 0.6 is 0 Å². The first kappa shape index (κ1) is 20.8. The summed E-state index contributed by atoms with van der Waals surface area (Å²) < 4.78 is 20.1. The number of pyridine rings is 1. The molecule has 7 nitrogen and oxygen atoms in total. The molecule has 0 unspecified atom stereocenters. The lowest BCUT2D eigenvalue weighted by molar-refractivity contribution is 0.0557. The molecular formula is C21H25FN4O3. The predicted octanol–water partition coefficient (Wildman–Crippen LogP) is 4.08. The van der Waals surface area contributed by atoms with Crippen LogP contribution in [0.15, 0.2) is 30.5 Å². The molecule has 0 aromatic carbocycles. The standard InChI is InChI=1S/C21H25FN4O3/c1-14(27)16-8-9-17(25-24-16)26(19(28)29-20(2,3)4)13-21(10-6-11-21)18-15(22)7-5-12-23-18/h5,7-9,12H,6,10-11,13H2,1-4H3. The fourth-order valence-corrected chi connectivity index (χ4v) is 3.37. The van der Waals surface area contributed by atoms with E-state index in [1.807, 2.05) is 0 Å². The van der Waals surface area contributed by atoms with Crippen LogP contribution in [0.2, 0.25) is 0 Å². The van der Waals surface area contributed by atoms with Gasteiger partial charge in [0.25, 0.3) is 0 Å². The zero-order chi connectivity index (χ0) is 21.2. The topological polar surface area (TPSA) is 85.3 Å². The molecule has 0 spiro atoms. The maximum atomic E-state index is 14.5. The van der Waals surface area contributed by atoms with Crippen molar-refractivity contribution in [3.8, 4) is 0 Å². The molecule has 29 heavy (non-hydrogen) atoms. The minimum absolute atomic E-state index is 0.157. The predicted molar refractivity (Wildman–Crippen MR) is 105 cm³/mol. The lowest BCUT2D eigenvalue weighted by Gasteiger charge is -2.44. The summed E-state index contributed by atoms with van der Waals surface area (Å²) in [5, 5.41) is 7.95. The van der Waals surface area contributed by atoms with Gasteiger partial charge < -0.3 is 4.74 Å². The Morgan fingerprint density at radius 2 is 1.93 bits per heavy atom. The highest BCUT2D eigenvalue weighted by molar-refractivity contribution is 5.92. The molecule has 0 saturated heterocycles. The molecule has 1 saturated carbocycles. The van der Waals surface area contributed by atoms with Crippen LogP contribution < -0.4 is 4.90 Å². The number of anilines is 1. The third-order valence-corrected chi connectivity index (χ3v) is 4.93. The number of nitrogens with zero attached hydrogens (tertiary/aromatic N) is 4. The Hall–Kier alpha value is -2.90. The summed E-state index contributed by atoms with van der Waals surface area (Å²) in [6.45, 7) is 6.86. The molecule has 2 aromatic heterocycles. The molecular weight excluding hydrogens is 375 g/mol. The van der Waals surface area contributed by atoms with Crippen molar-refractivity contribution in [1.82, 2.24) is 15.2 Å². The number of carbonyl (C=O) groups is 2. The van der Waals surface area contributed by atoms with Crippen molar-refractivity contribution in [2.75, 3.05) is 11.4 Å². The average molecular weight is 400 g/mol. The quantitative estimate of drug-likeness (QED) is 0.703. The molecule has 8 heteroatoms. The fourth-order valence-electron chi connectivity index (χ4n) is 3.37. The third-order valence-electron chi connectivity index (χ3n) is 4.93. The summed E-state index contributed by atoms with van der Waals surface area (Å²) in [5.74, 6) is -0.375. The maximum Gasteiger partial charge on any atom is 0.416 e. The smallest absolute Gasteiger partial charge is 0.416 e. The number of ether oxygens (including phenoxy) is 1. The van der Waals surface area contributed by atoms with Gasteiger partial charge in [-0.15, -0.1) is 10.2 Å². The van der Waals surface area contributed by atoms with E-state index in [4.69, 9.17) is 4.74 Å². The minimum atomic E-state index is -0.717. The number of carbonyl (C=O) groups excluding carboxylic acids is 2. The molecule has 0 N–H and O–H groups in total. The largest absolute Gasteiger partial charge is 0.443 e. The number of rotatable bonds is 5. The highest BCUT2D eigenvalue weighted by Crippen LogP contribution is 2.45. The van der Waals surface area contributed by atoms with Crippen LogP contribution in [0.3, 0.4) is 0 Å². The first-order chi connectivity index (χ1) is 13.6. The van der Waals surface area contributed by atoms with E-state index in [0.29, 0.717) is 18.5 Å². The Morgan fingerprint density at radius 3 is 2.41 bits per heavy atom. The number of amides is 1. The number of ketones is 1. The monoisotopic (exact) mass is 400 g/mol. The molecule has 0 atom stereocenters. The van der Waals surface area contributed by atoms with Crippen molar-refractivity contribution < 1.29 is 18.7 Å². The van der Waals surface area contributed by atoms with E-state index < -0.39 is 22.9 Å². The molecule has 154 valence electrons. The number of halogens is 1. The van der Waals surface area contributed by atoms with Crippen LogP contribution in [0.1, 0.15) is 63.1 Å². The van der Waals surface area contributed by atoms with E-state index in [2.05, 4.69) is 15.2 Å². The highest BCUT2D eigenvalue weighted by Gasteiger charge is 2.45. The maximum absolute atomic E-state index is 14.5. The molecule has 0 aliphatic heterocycles. The van der Waals surface area contributed by atoms with Gasteiger partial charge in [0, 0.05) is 25.1 Å². The van der Waals surface area contributed by atoms with E-state index in [0.717, 1.165) is 6.42 Å². The van der Waals surface area contributed by atoms with Gasteiger partial charge in [-0.1, -0.05) is 6.42 Å². The summed E-state index contributed by atoms with van der Waals surface area (Å²) in [6, 6.07) is 5.98. The third kappa shape index (κ3) is 4.58. The average Bonchev–Trinajstić information content (AvgIpc) is 2.61. The van der Waals surface area contributed by atoms with Crippen LogP contribution in [0.5, 0.6) is 0 Å². The molecule has 1 fully saturated rings. The fraction of sp³-hybridized carbons (Fsp3) is 0.476. The Balaban J connectivity index is 1.97. The SMILES string of the molecule is CC(=O)c1ccc(N(CC2(c3ncccc3F)CCC2)C(=O)OC(C)(C)C)nn1. The van der Waals surface area contributed by atoms with Gasteiger partial charge in [0.05, 0.1) is 5.69 Å². The number of hydrogen-bond acceptors (Lipinski definition) is 6. The lowest BCUT2D eigenvalue weighted by atomic mass is 9.66. The Kier molecular flexibility index (Phi) is 5.64. The molecule has 2 aromatic rings. The molecule has 1 amide bonds. The zero-order valence-electron chi connectivity index (χ0n) is 17.1. The summed E-state index contributed by atoms with van der Waals surface area (Å²) in [7, 11) is 0. The second-order valence-electron chi connectivity index (χ2n) is 8.37. The van der Waals surface area contributed by atoms with E-state index in [-0.39, 0.29) is 23.8 Å². The summed E-state index contributed by atoms with van der Waals surface area (Å²) in [5.41, 5.74) is -0.797. The van der Waals surface area contributed by atoms with E-state index in [1.165, 1.54) is 24.0 Å². The van der Waals surface area contributed by atoms with E-state index >= 15 is 0 Å². The summed E-state index contributed by atoms with van der Waals surface area (Å²) in [6.07, 6.45) is 3.24. The minimum Gasteiger partial charge on any atom is -0.443 e. The number of aromatic nitrogens is 3. The Morgan fingerprint density at radius 1 is 1.21 bits per heavy atom. The van der Waals surface area contributed by atoms with Crippen LogP contribution in [-0.2, 0) is 10.2 Å². The van der Waals surface area contributed by atoms with Gasteiger partial charge in [-0.3, -0.25) is 14.7 Å². The van der Waals surface area contributed by atoms with Gasteiger partial charge in [0.1, 0.15) is 17.1 Å². The van der Waals surface area contributed by atoms with Crippen LogP contribution in [0.4, 0.5) is 15.0 Å². The number of hydrogen-bond donors (Lipinski definition) is 0. The van der Waals surface area contributed by atoms with Crippen molar-refractivity contribution in [1.29, 1.82) is 0 Å². The van der Waals surface area contributed by atoms with Gasteiger partial charge in [0.15, 0.2) is 11.6 Å². The zero-order valence-corrected chi connectivity index (χ0v) is 17.1. The van der Waals surface area contributed by atoms with Crippen molar-refractivity contribution in [2.24, 2.45) is 0 Å². The van der Waals surface area contributed by atoms with E-state index in [1.54, 1.807) is 39.1 Å². The first-order valence-corrected chi connectivity index (χ1v) is 9.57. The molecule has 3 rings (SSSR count).